The Morgan fingerprint density at radius 1 is 1.20 bits per heavy atom. The van der Waals surface area contributed by atoms with Crippen molar-refractivity contribution < 1.29 is 14.3 Å². The summed E-state index contributed by atoms with van der Waals surface area (Å²) >= 11 is 0. The maximum Gasteiger partial charge on any atom is 0.337 e. The van der Waals surface area contributed by atoms with Gasteiger partial charge in [0.2, 0.25) is 0 Å². The zero-order valence-corrected chi connectivity index (χ0v) is 13.6. The molecule has 20 heavy (non-hydrogen) atoms. The van der Waals surface area contributed by atoms with Gasteiger partial charge in [-0.25, -0.2) is 4.79 Å². The van der Waals surface area contributed by atoms with E-state index in [1.807, 2.05) is 20.8 Å². The smallest absolute Gasteiger partial charge is 0.337 e. The average Bonchev–Trinajstić information content (AvgIpc) is 2.84. The Morgan fingerprint density at radius 3 is 2.45 bits per heavy atom. The molecule has 0 aliphatic carbocycles. The molecule has 0 aromatic rings. The molecule has 0 amide bonds. The van der Waals surface area contributed by atoms with Crippen molar-refractivity contribution in [1.82, 2.24) is 0 Å². The molecule has 0 aromatic heterocycles. The van der Waals surface area contributed by atoms with E-state index in [0.717, 1.165) is 43.6 Å². The molecule has 0 bridgehead atoms. The second kappa shape index (κ2) is 8.33. The molecule has 1 heterocycles. The van der Waals surface area contributed by atoms with Crippen LogP contribution in [0.3, 0.4) is 0 Å². The minimum Gasteiger partial charge on any atom is -0.497 e. The Balaban J connectivity index is 2.58. The lowest BCUT2D eigenvalue weighted by Gasteiger charge is -2.21. The lowest BCUT2D eigenvalue weighted by Crippen LogP contribution is -2.25. The summed E-state index contributed by atoms with van der Waals surface area (Å²) < 4.78 is 11.1. The first-order valence-corrected chi connectivity index (χ1v) is 8.02. The number of unbranched alkanes of at least 4 members (excludes halogenated alkanes) is 4. The van der Waals surface area contributed by atoms with Crippen LogP contribution in [0, 0.1) is 0 Å². The van der Waals surface area contributed by atoms with Crippen LogP contribution in [0.2, 0.25) is 0 Å². The molecule has 1 aliphatic rings. The molecule has 1 fully saturated rings. The van der Waals surface area contributed by atoms with Gasteiger partial charge in [0.15, 0.2) is 0 Å². The van der Waals surface area contributed by atoms with Crippen LogP contribution in [0.1, 0.15) is 79.1 Å². The molecule has 3 nitrogen and oxygen atoms in total. The van der Waals surface area contributed by atoms with Crippen LogP contribution >= 0.6 is 0 Å². The predicted octanol–water partition coefficient (Wildman–Crippen LogP) is 4.75. The second-order valence-electron chi connectivity index (χ2n) is 6.52. The quantitative estimate of drug-likeness (QED) is 0.384. The number of hydrogen-bond donors (Lipinski definition) is 0. The van der Waals surface area contributed by atoms with Crippen LogP contribution in [-0.2, 0) is 14.3 Å². The van der Waals surface area contributed by atoms with Gasteiger partial charge in [0.1, 0.15) is 11.4 Å². The molecule has 1 rings (SSSR count). The summed E-state index contributed by atoms with van der Waals surface area (Å²) in [5, 5.41) is 0. The molecule has 0 radical (unpaired) electrons. The van der Waals surface area contributed by atoms with E-state index in [2.05, 4.69) is 6.92 Å². The van der Waals surface area contributed by atoms with Crippen LogP contribution in [-0.4, -0.2) is 18.2 Å². The number of allylic oxidation sites excluding steroid dienone is 1. The van der Waals surface area contributed by atoms with Gasteiger partial charge in [0.25, 0.3) is 0 Å². The molecule has 116 valence electrons. The first-order valence-electron chi connectivity index (χ1n) is 8.02. The number of ether oxygens (including phenoxy) is 2. The van der Waals surface area contributed by atoms with Crippen molar-refractivity contribution in [2.45, 2.75) is 84.7 Å². The number of carbonyl (C=O) groups is 1. The van der Waals surface area contributed by atoms with E-state index in [1.54, 1.807) is 0 Å². The molecule has 0 saturated carbocycles. The van der Waals surface area contributed by atoms with Crippen LogP contribution in [0.4, 0.5) is 0 Å². The van der Waals surface area contributed by atoms with E-state index in [1.165, 1.54) is 25.7 Å². The third kappa shape index (κ3) is 6.44. The first kappa shape index (κ1) is 17.1. The molecule has 3 heteroatoms. The standard InChI is InChI=1S/C17H30O3/c1-5-6-7-8-9-11-14(15-12-10-13-19-15)16(18)20-17(2,3)4/h5-13H2,1-4H3/b15-14+. The maximum atomic E-state index is 12.3. The van der Waals surface area contributed by atoms with Crippen molar-refractivity contribution in [2.24, 2.45) is 0 Å². The second-order valence-corrected chi connectivity index (χ2v) is 6.52. The first-order chi connectivity index (χ1) is 9.44. The molecule has 0 N–H and O–H groups in total. The van der Waals surface area contributed by atoms with Gasteiger partial charge in [0.05, 0.1) is 12.2 Å². The Kier molecular flexibility index (Phi) is 7.11. The largest absolute Gasteiger partial charge is 0.497 e. The van der Waals surface area contributed by atoms with E-state index in [9.17, 15) is 4.79 Å². The van der Waals surface area contributed by atoms with Crippen LogP contribution < -0.4 is 0 Å². The zero-order valence-electron chi connectivity index (χ0n) is 13.6. The Bertz CT molecular complexity index is 329. The summed E-state index contributed by atoms with van der Waals surface area (Å²) in [5.41, 5.74) is 0.331. The predicted molar refractivity (Wildman–Crippen MR) is 81.4 cm³/mol. The average molecular weight is 282 g/mol. The summed E-state index contributed by atoms with van der Waals surface area (Å²) in [5.74, 6) is 0.680. The van der Waals surface area contributed by atoms with Gasteiger partial charge in [-0.05, 0) is 40.0 Å². The summed E-state index contributed by atoms with van der Waals surface area (Å²) in [6.07, 6.45) is 8.65. The third-order valence-corrected chi connectivity index (χ3v) is 3.34. The van der Waals surface area contributed by atoms with Crippen molar-refractivity contribution in [3.05, 3.63) is 11.3 Å². The van der Waals surface area contributed by atoms with Gasteiger partial charge in [0, 0.05) is 6.42 Å². The van der Waals surface area contributed by atoms with E-state index in [0.29, 0.717) is 0 Å². The molecular weight excluding hydrogens is 252 g/mol. The van der Waals surface area contributed by atoms with Crippen molar-refractivity contribution in [2.75, 3.05) is 6.61 Å². The monoisotopic (exact) mass is 282 g/mol. The Labute approximate surface area is 123 Å². The number of carbonyl (C=O) groups excluding carboxylic acids is 1. The number of hydrogen-bond acceptors (Lipinski definition) is 3. The normalized spacial score (nSPS) is 17.8. The SMILES string of the molecule is CCCCCCC/C(C(=O)OC(C)(C)C)=C1/CCCO1. The lowest BCUT2D eigenvalue weighted by molar-refractivity contribution is -0.150. The summed E-state index contributed by atoms with van der Waals surface area (Å²) in [6.45, 7) is 8.66. The lowest BCUT2D eigenvalue weighted by atomic mass is 10.0. The van der Waals surface area contributed by atoms with Gasteiger partial charge >= 0.3 is 5.97 Å². The fraction of sp³-hybridized carbons (Fsp3) is 0.824. The van der Waals surface area contributed by atoms with Gasteiger partial charge in [-0.1, -0.05) is 32.6 Å². The maximum absolute atomic E-state index is 12.3. The highest BCUT2D eigenvalue weighted by Crippen LogP contribution is 2.26. The van der Waals surface area contributed by atoms with Gasteiger partial charge in [-0.3, -0.25) is 0 Å². The highest BCUT2D eigenvalue weighted by atomic mass is 16.6. The van der Waals surface area contributed by atoms with Gasteiger partial charge in [-0.2, -0.15) is 0 Å². The summed E-state index contributed by atoms with van der Waals surface area (Å²) in [4.78, 5) is 12.3. The molecule has 1 aliphatic heterocycles. The number of rotatable bonds is 7. The van der Waals surface area contributed by atoms with E-state index in [4.69, 9.17) is 9.47 Å². The third-order valence-electron chi connectivity index (χ3n) is 3.34. The topological polar surface area (TPSA) is 35.5 Å². The van der Waals surface area contributed by atoms with Crippen molar-refractivity contribution in [3.8, 4) is 0 Å². The van der Waals surface area contributed by atoms with E-state index >= 15 is 0 Å². The molecule has 0 aromatic carbocycles. The van der Waals surface area contributed by atoms with Crippen molar-refractivity contribution in [1.29, 1.82) is 0 Å². The summed E-state index contributed by atoms with van der Waals surface area (Å²) in [6, 6.07) is 0. The Morgan fingerprint density at radius 2 is 1.90 bits per heavy atom. The van der Waals surface area contributed by atoms with E-state index < -0.39 is 5.60 Å². The van der Waals surface area contributed by atoms with Crippen LogP contribution in [0.15, 0.2) is 11.3 Å². The van der Waals surface area contributed by atoms with E-state index in [-0.39, 0.29) is 5.97 Å². The van der Waals surface area contributed by atoms with Gasteiger partial charge in [-0.15, -0.1) is 0 Å². The summed E-state index contributed by atoms with van der Waals surface area (Å²) in [7, 11) is 0. The molecular formula is C17H30O3. The fourth-order valence-electron chi connectivity index (χ4n) is 2.34. The highest BCUT2D eigenvalue weighted by Gasteiger charge is 2.25. The minimum absolute atomic E-state index is 0.190. The Hall–Kier alpha value is -0.990. The van der Waals surface area contributed by atoms with Crippen molar-refractivity contribution >= 4 is 5.97 Å². The highest BCUT2D eigenvalue weighted by molar-refractivity contribution is 5.89. The molecule has 1 saturated heterocycles. The minimum atomic E-state index is -0.441. The molecule has 0 spiro atoms. The molecule has 0 atom stereocenters. The van der Waals surface area contributed by atoms with Crippen LogP contribution in [0.25, 0.3) is 0 Å². The fourth-order valence-corrected chi connectivity index (χ4v) is 2.34. The molecule has 0 unspecified atom stereocenters. The van der Waals surface area contributed by atoms with Gasteiger partial charge < -0.3 is 9.47 Å². The number of esters is 1. The van der Waals surface area contributed by atoms with Crippen LogP contribution in [0.5, 0.6) is 0 Å². The zero-order chi connectivity index (χ0) is 15.0. The van der Waals surface area contributed by atoms with Crippen molar-refractivity contribution in [3.63, 3.8) is 0 Å².